The fraction of sp³-hybridized carbons (Fsp3) is 0.111. The maximum atomic E-state index is 11.8. The van der Waals surface area contributed by atoms with Gasteiger partial charge in [-0.15, -0.1) is 0 Å². The summed E-state index contributed by atoms with van der Waals surface area (Å²) in [7, 11) is 1.51. The van der Waals surface area contributed by atoms with Crippen molar-refractivity contribution in [2.45, 2.75) is 0 Å². The molecule has 5 nitrogen and oxygen atoms in total. The number of carbonyl (C=O) groups is 1. The summed E-state index contributed by atoms with van der Waals surface area (Å²) in [6.07, 6.45) is 5.81. The third kappa shape index (κ3) is 1.99. The second kappa shape index (κ2) is 4.14. The van der Waals surface area contributed by atoms with Crippen molar-refractivity contribution in [3.05, 3.63) is 35.4 Å². The molecule has 0 amide bonds. The zero-order valence-corrected chi connectivity index (χ0v) is 8.69. The summed E-state index contributed by atoms with van der Waals surface area (Å²) in [6.45, 7) is 0. The second-order valence-electron chi connectivity index (χ2n) is 2.65. The Balaban J connectivity index is 2.29. The lowest BCUT2D eigenvalue weighted by Gasteiger charge is -1.94. The summed E-state index contributed by atoms with van der Waals surface area (Å²) < 4.78 is 4.90. The zero-order valence-electron chi connectivity index (χ0n) is 7.88. The second-order valence-corrected chi connectivity index (χ2v) is 3.64. The van der Waals surface area contributed by atoms with E-state index >= 15 is 0 Å². The number of carbonyl (C=O) groups excluding carboxylic acids is 1. The van der Waals surface area contributed by atoms with Crippen molar-refractivity contribution in [2.24, 2.45) is 0 Å². The van der Waals surface area contributed by atoms with Crippen molar-refractivity contribution in [1.82, 2.24) is 15.0 Å². The summed E-state index contributed by atoms with van der Waals surface area (Å²) in [6, 6.07) is 0. The highest BCUT2D eigenvalue weighted by atomic mass is 32.1. The molecule has 6 heteroatoms. The quantitative estimate of drug-likeness (QED) is 0.728. The van der Waals surface area contributed by atoms with Gasteiger partial charge in [0.1, 0.15) is 6.33 Å². The van der Waals surface area contributed by atoms with Gasteiger partial charge in [-0.25, -0.2) is 15.0 Å². The molecule has 2 heterocycles. The number of rotatable bonds is 3. The lowest BCUT2D eigenvalue weighted by molar-refractivity contribution is 0.104. The number of aromatic nitrogens is 3. The van der Waals surface area contributed by atoms with Crippen LogP contribution >= 0.6 is 11.3 Å². The van der Waals surface area contributed by atoms with Crippen LogP contribution in [0.4, 0.5) is 0 Å². The summed E-state index contributed by atoms with van der Waals surface area (Å²) in [4.78, 5) is 23.8. The topological polar surface area (TPSA) is 65.0 Å². The van der Waals surface area contributed by atoms with Gasteiger partial charge >= 0.3 is 0 Å². The number of methoxy groups -OCH3 is 1. The van der Waals surface area contributed by atoms with Crippen LogP contribution in [-0.2, 0) is 0 Å². The lowest BCUT2D eigenvalue weighted by atomic mass is 10.2. The van der Waals surface area contributed by atoms with Gasteiger partial charge in [0.15, 0.2) is 0 Å². The SMILES string of the molecule is COc1ncc(C(=O)c2cncnc2)s1. The van der Waals surface area contributed by atoms with Crippen molar-refractivity contribution in [2.75, 3.05) is 7.11 Å². The maximum Gasteiger partial charge on any atom is 0.273 e. The Kier molecular flexibility index (Phi) is 2.68. The highest BCUT2D eigenvalue weighted by molar-refractivity contribution is 7.15. The predicted molar refractivity (Wildman–Crippen MR) is 54.1 cm³/mol. The molecule has 0 aliphatic carbocycles. The normalized spacial score (nSPS) is 9.93. The molecule has 0 spiro atoms. The minimum atomic E-state index is -0.142. The lowest BCUT2D eigenvalue weighted by Crippen LogP contribution is -1.99. The van der Waals surface area contributed by atoms with Crippen LogP contribution in [-0.4, -0.2) is 27.8 Å². The summed E-state index contributed by atoms with van der Waals surface area (Å²) >= 11 is 1.20. The average molecular weight is 221 g/mol. The molecule has 0 radical (unpaired) electrons. The van der Waals surface area contributed by atoms with Crippen LogP contribution in [0.3, 0.4) is 0 Å². The Labute approximate surface area is 89.8 Å². The Morgan fingerprint density at radius 2 is 2.07 bits per heavy atom. The fourth-order valence-electron chi connectivity index (χ4n) is 1.02. The van der Waals surface area contributed by atoms with E-state index in [4.69, 9.17) is 4.74 Å². The average Bonchev–Trinajstić information content (AvgIpc) is 2.78. The molecule has 0 unspecified atom stereocenters. The van der Waals surface area contributed by atoms with Gasteiger partial charge in [0, 0.05) is 12.4 Å². The number of hydrogen-bond acceptors (Lipinski definition) is 6. The van der Waals surface area contributed by atoms with Crippen LogP contribution in [0.25, 0.3) is 0 Å². The van der Waals surface area contributed by atoms with Gasteiger partial charge in [-0.3, -0.25) is 4.79 Å². The van der Waals surface area contributed by atoms with Crippen molar-refractivity contribution in [3.63, 3.8) is 0 Å². The first kappa shape index (κ1) is 9.72. The standard InChI is InChI=1S/C9H7N3O2S/c1-14-9-12-4-7(15-9)8(13)6-2-10-5-11-3-6/h2-5H,1H3. The molecule has 76 valence electrons. The minimum Gasteiger partial charge on any atom is -0.473 e. The van der Waals surface area contributed by atoms with Crippen LogP contribution in [0.15, 0.2) is 24.9 Å². The van der Waals surface area contributed by atoms with Crippen molar-refractivity contribution in [1.29, 1.82) is 0 Å². The molecule has 0 aliphatic rings. The van der Waals surface area contributed by atoms with Crippen LogP contribution in [0, 0.1) is 0 Å². The van der Waals surface area contributed by atoms with Crippen LogP contribution in [0.5, 0.6) is 5.19 Å². The van der Waals surface area contributed by atoms with E-state index in [1.54, 1.807) is 0 Å². The van der Waals surface area contributed by atoms with Gasteiger partial charge in [0.05, 0.1) is 23.7 Å². The maximum absolute atomic E-state index is 11.8. The molecule has 2 aromatic heterocycles. The first-order valence-corrected chi connectivity index (χ1v) is 4.92. The molecule has 0 atom stereocenters. The fourth-order valence-corrected chi connectivity index (χ4v) is 1.71. The smallest absolute Gasteiger partial charge is 0.273 e. The molecule has 0 saturated heterocycles. The molecule has 0 N–H and O–H groups in total. The van der Waals surface area contributed by atoms with E-state index in [0.29, 0.717) is 15.6 Å². The third-order valence-electron chi connectivity index (χ3n) is 1.71. The zero-order chi connectivity index (χ0) is 10.7. The molecule has 0 aliphatic heterocycles. The monoisotopic (exact) mass is 221 g/mol. The van der Waals surface area contributed by atoms with E-state index in [-0.39, 0.29) is 5.78 Å². The van der Waals surface area contributed by atoms with Crippen molar-refractivity contribution in [3.8, 4) is 5.19 Å². The van der Waals surface area contributed by atoms with E-state index < -0.39 is 0 Å². The first-order chi connectivity index (χ1) is 7.31. The third-order valence-corrected chi connectivity index (χ3v) is 2.66. The summed E-state index contributed by atoms with van der Waals surface area (Å²) in [5, 5.41) is 0.468. The van der Waals surface area contributed by atoms with Gasteiger partial charge in [0.2, 0.25) is 5.78 Å². The van der Waals surface area contributed by atoms with Gasteiger partial charge < -0.3 is 4.74 Å². The molecule has 0 aromatic carbocycles. The van der Waals surface area contributed by atoms with Crippen LogP contribution in [0.2, 0.25) is 0 Å². The van der Waals surface area contributed by atoms with Crippen molar-refractivity contribution >= 4 is 17.1 Å². The molecule has 0 bridgehead atoms. The van der Waals surface area contributed by atoms with Crippen LogP contribution < -0.4 is 4.74 Å². The van der Waals surface area contributed by atoms with Crippen molar-refractivity contribution < 1.29 is 9.53 Å². The number of hydrogen-bond donors (Lipinski definition) is 0. The molecular formula is C9H7N3O2S. The number of thiazole rings is 1. The van der Waals surface area contributed by atoms with E-state index in [1.165, 1.54) is 43.4 Å². The number of nitrogens with zero attached hydrogens (tertiary/aromatic N) is 3. The van der Waals surface area contributed by atoms with Gasteiger partial charge in [-0.1, -0.05) is 11.3 Å². The van der Waals surface area contributed by atoms with Gasteiger partial charge in [-0.2, -0.15) is 0 Å². The first-order valence-electron chi connectivity index (χ1n) is 4.11. The molecule has 2 aromatic rings. The Morgan fingerprint density at radius 1 is 1.33 bits per heavy atom. The Hall–Kier alpha value is -1.82. The van der Waals surface area contributed by atoms with E-state index in [1.807, 2.05) is 0 Å². The largest absolute Gasteiger partial charge is 0.473 e. The highest BCUT2D eigenvalue weighted by Crippen LogP contribution is 2.21. The Morgan fingerprint density at radius 3 is 2.67 bits per heavy atom. The van der Waals surface area contributed by atoms with E-state index in [9.17, 15) is 4.79 Å². The summed E-state index contributed by atoms with van der Waals surface area (Å²) in [5.41, 5.74) is 0.448. The summed E-state index contributed by atoms with van der Waals surface area (Å²) in [5.74, 6) is -0.142. The predicted octanol–water partition coefficient (Wildman–Crippen LogP) is 1.17. The molecule has 0 saturated carbocycles. The number of ketones is 1. The molecular weight excluding hydrogens is 214 g/mol. The van der Waals surface area contributed by atoms with Crippen LogP contribution in [0.1, 0.15) is 15.2 Å². The molecule has 15 heavy (non-hydrogen) atoms. The molecule has 2 rings (SSSR count). The molecule has 0 fully saturated rings. The number of ether oxygens (including phenoxy) is 1. The minimum absolute atomic E-state index is 0.142. The van der Waals surface area contributed by atoms with Gasteiger partial charge in [-0.05, 0) is 0 Å². The highest BCUT2D eigenvalue weighted by Gasteiger charge is 2.13. The van der Waals surface area contributed by atoms with E-state index in [2.05, 4.69) is 15.0 Å². The van der Waals surface area contributed by atoms with Gasteiger partial charge in [0.25, 0.3) is 5.19 Å². The Bertz CT molecular complexity index is 469. The van der Waals surface area contributed by atoms with E-state index in [0.717, 1.165) is 0 Å².